The molecule has 0 aromatic carbocycles. The van der Waals surface area contributed by atoms with Gasteiger partial charge in [-0.25, -0.2) is 0 Å². The zero-order valence-electron chi connectivity index (χ0n) is 7.70. The molecule has 78 valence electrons. The van der Waals surface area contributed by atoms with Gasteiger partial charge in [0.25, 0.3) is 0 Å². The highest BCUT2D eigenvalue weighted by atomic mass is 79.9. The van der Waals surface area contributed by atoms with Gasteiger partial charge >= 0.3 is 0 Å². The molecule has 2 heterocycles. The first-order valence-corrected chi connectivity index (χ1v) is 6.26. The predicted molar refractivity (Wildman–Crippen MR) is 59.6 cm³/mol. The van der Waals surface area contributed by atoms with Crippen LogP contribution in [0.3, 0.4) is 0 Å². The first-order valence-electron chi connectivity index (χ1n) is 4.65. The topological polar surface area (TPSA) is 47.0 Å². The van der Waals surface area contributed by atoms with Crippen molar-refractivity contribution in [2.75, 3.05) is 25.1 Å². The molecule has 6 heteroatoms. The number of nitrogens with one attached hydrogen (secondary N) is 1. The van der Waals surface area contributed by atoms with E-state index in [2.05, 4.69) is 31.4 Å². The van der Waals surface area contributed by atoms with Crippen molar-refractivity contribution in [2.24, 2.45) is 5.92 Å². The number of ether oxygens (including phenoxy) is 1. The third kappa shape index (κ3) is 2.90. The van der Waals surface area contributed by atoms with E-state index in [1.54, 1.807) is 0 Å². The van der Waals surface area contributed by atoms with Gasteiger partial charge in [0.1, 0.15) is 0 Å². The van der Waals surface area contributed by atoms with Crippen molar-refractivity contribution >= 4 is 32.4 Å². The quantitative estimate of drug-likeness (QED) is 0.920. The van der Waals surface area contributed by atoms with Crippen LogP contribution in [0, 0.1) is 5.92 Å². The molecule has 1 aliphatic heterocycles. The van der Waals surface area contributed by atoms with E-state index < -0.39 is 0 Å². The molecule has 1 fully saturated rings. The molecule has 0 radical (unpaired) electrons. The third-order valence-electron chi connectivity index (χ3n) is 2.28. The van der Waals surface area contributed by atoms with E-state index in [1.807, 2.05) is 0 Å². The highest BCUT2D eigenvalue weighted by Gasteiger charge is 2.13. The van der Waals surface area contributed by atoms with Crippen molar-refractivity contribution in [1.29, 1.82) is 0 Å². The highest BCUT2D eigenvalue weighted by molar-refractivity contribution is 9.11. The van der Waals surface area contributed by atoms with Gasteiger partial charge in [0.2, 0.25) is 5.13 Å². The molecule has 0 bridgehead atoms. The fourth-order valence-electron chi connectivity index (χ4n) is 1.46. The number of aromatic nitrogens is 2. The molecular formula is C8H12BrN3OS. The summed E-state index contributed by atoms with van der Waals surface area (Å²) in [6.45, 7) is 2.77. The molecule has 0 aliphatic carbocycles. The van der Waals surface area contributed by atoms with Gasteiger partial charge in [0.15, 0.2) is 3.92 Å². The van der Waals surface area contributed by atoms with E-state index in [0.717, 1.165) is 41.6 Å². The molecule has 0 unspecified atom stereocenters. The summed E-state index contributed by atoms with van der Waals surface area (Å²) in [5.74, 6) is 0.714. The molecule has 2 rings (SSSR count). The zero-order valence-corrected chi connectivity index (χ0v) is 10.1. The molecule has 4 nitrogen and oxygen atoms in total. The molecule has 1 N–H and O–H groups in total. The van der Waals surface area contributed by atoms with Crippen molar-refractivity contribution in [3.05, 3.63) is 3.92 Å². The Morgan fingerprint density at radius 2 is 2.21 bits per heavy atom. The molecule has 0 saturated carbocycles. The van der Waals surface area contributed by atoms with Crippen LogP contribution >= 0.6 is 27.3 Å². The van der Waals surface area contributed by atoms with Crippen LogP contribution in [0.4, 0.5) is 5.13 Å². The van der Waals surface area contributed by atoms with Crippen LogP contribution in [-0.4, -0.2) is 30.0 Å². The maximum atomic E-state index is 5.30. The second-order valence-corrected chi connectivity index (χ2v) is 5.55. The average molecular weight is 278 g/mol. The standard InChI is InChI=1S/C8H12BrN3OS/c9-7-11-12-8(14-7)10-5-6-1-3-13-4-2-6/h6H,1-5H2,(H,10,12). The van der Waals surface area contributed by atoms with Gasteiger partial charge in [-0.3, -0.25) is 0 Å². The van der Waals surface area contributed by atoms with Crippen LogP contribution in [-0.2, 0) is 4.74 Å². The maximum Gasteiger partial charge on any atom is 0.206 e. The summed E-state index contributed by atoms with van der Waals surface area (Å²) >= 11 is 4.81. The average Bonchev–Trinajstić information content (AvgIpc) is 2.63. The summed E-state index contributed by atoms with van der Waals surface area (Å²) < 4.78 is 6.12. The van der Waals surface area contributed by atoms with Crippen LogP contribution < -0.4 is 5.32 Å². The maximum absolute atomic E-state index is 5.30. The molecule has 1 aromatic heterocycles. The second kappa shape index (κ2) is 5.04. The Labute approximate surface area is 95.2 Å². The number of halogens is 1. The fraction of sp³-hybridized carbons (Fsp3) is 0.750. The van der Waals surface area contributed by atoms with E-state index in [0.29, 0.717) is 5.92 Å². The number of hydrogen-bond acceptors (Lipinski definition) is 5. The second-order valence-electron chi connectivity index (χ2n) is 3.30. The first-order chi connectivity index (χ1) is 6.84. The first kappa shape index (κ1) is 10.3. The lowest BCUT2D eigenvalue weighted by Gasteiger charge is -2.21. The lowest BCUT2D eigenvalue weighted by Crippen LogP contribution is -2.22. The summed E-state index contributed by atoms with van der Waals surface area (Å²) in [7, 11) is 0. The van der Waals surface area contributed by atoms with Gasteiger partial charge in [0, 0.05) is 19.8 Å². The Morgan fingerprint density at radius 3 is 2.86 bits per heavy atom. The van der Waals surface area contributed by atoms with Crippen LogP contribution in [0.1, 0.15) is 12.8 Å². The minimum absolute atomic E-state index is 0.714. The number of nitrogens with zero attached hydrogens (tertiary/aromatic N) is 2. The molecular weight excluding hydrogens is 266 g/mol. The molecule has 1 saturated heterocycles. The Bertz CT molecular complexity index is 288. The molecule has 0 spiro atoms. The van der Waals surface area contributed by atoms with Crippen molar-refractivity contribution in [2.45, 2.75) is 12.8 Å². The van der Waals surface area contributed by atoms with Gasteiger partial charge < -0.3 is 10.1 Å². The molecule has 1 aromatic rings. The van der Waals surface area contributed by atoms with Gasteiger partial charge in [-0.1, -0.05) is 11.3 Å². The van der Waals surface area contributed by atoms with Crippen molar-refractivity contribution < 1.29 is 4.74 Å². The van der Waals surface area contributed by atoms with Gasteiger partial charge in [-0.15, -0.1) is 10.2 Å². The Balaban J connectivity index is 1.76. The van der Waals surface area contributed by atoms with Gasteiger partial charge in [-0.05, 0) is 34.7 Å². The SMILES string of the molecule is Brc1nnc(NCC2CCOCC2)s1. The zero-order chi connectivity index (χ0) is 9.80. The lowest BCUT2D eigenvalue weighted by atomic mass is 10.0. The molecule has 14 heavy (non-hydrogen) atoms. The minimum atomic E-state index is 0.714. The number of rotatable bonds is 3. The van der Waals surface area contributed by atoms with Gasteiger partial charge in [0.05, 0.1) is 0 Å². The minimum Gasteiger partial charge on any atom is -0.381 e. The number of anilines is 1. The van der Waals surface area contributed by atoms with Crippen molar-refractivity contribution in [1.82, 2.24) is 10.2 Å². The largest absolute Gasteiger partial charge is 0.381 e. The van der Waals surface area contributed by atoms with Crippen LogP contribution in [0.25, 0.3) is 0 Å². The summed E-state index contributed by atoms with van der Waals surface area (Å²) in [5.41, 5.74) is 0. The Kier molecular flexibility index (Phi) is 3.72. The lowest BCUT2D eigenvalue weighted by molar-refractivity contribution is 0.0699. The predicted octanol–water partition coefficient (Wildman–Crippen LogP) is 2.14. The van der Waals surface area contributed by atoms with Crippen LogP contribution in [0.5, 0.6) is 0 Å². The molecule has 0 atom stereocenters. The highest BCUT2D eigenvalue weighted by Crippen LogP contribution is 2.21. The van der Waals surface area contributed by atoms with Crippen molar-refractivity contribution in [3.63, 3.8) is 0 Å². The monoisotopic (exact) mass is 277 g/mol. The van der Waals surface area contributed by atoms with E-state index in [-0.39, 0.29) is 0 Å². The molecule has 1 aliphatic rings. The summed E-state index contributed by atoms with van der Waals surface area (Å²) in [6, 6.07) is 0. The summed E-state index contributed by atoms with van der Waals surface area (Å²) in [4.78, 5) is 0. The Hall–Kier alpha value is -0.200. The Morgan fingerprint density at radius 1 is 1.43 bits per heavy atom. The molecule has 0 amide bonds. The van der Waals surface area contributed by atoms with E-state index in [1.165, 1.54) is 11.3 Å². The fourth-order valence-corrected chi connectivity index (χ4v) is 2.48. The van der Waals surface area contributed by atoms with Gasteiger partial charge in [-0.2, -0.15) is 0 Å². The third-order valence-corrected chi connectivity index (χ3v) is 3.60. The van der Waals surface area contributed by atoms with E-state index in [9.17, 15) is 0 Å². The van der Waals surface area contributed by atoms with Crippen LogP contribution in [0.15, 0.2) is 3.92 Å². The summed E-state index contributed by atoms with van der Waals surface area (Å²) in [5, 5.41) is 12.0. The van der Waals surface area contributed by atoms with E-state index >= 15 is 0 Å². The van der Waals surface area contributed by atoms with Crippen molar-refractivity contribution in [3.8, 4) is 0 Å². The summed E-state index contributed by atoms with van der Waals surface area (Å²) in [6.07, 6.45) is 2.29. The smallest absolute Gasteiger partial charge is 0.206 e. The normalized spacial score (nSPS) is 18.4. The number of hydrogen-bond donors (Lipinski definition) is 1. The van der Waals surface area contributed by atoms with Crippen LogP contribution in [0.2, 0.25) is 0 Å². The van der Waals surface area contributed by atoms with E-state index in [4.69, 9.17) is 4.74 Å².